The monoisotopic (exact) mass is 595 g/mol. The van der Waals surface area contributed by atoms with Crippen LogP contribution in [-0.4, -0.2) is 15.7 Å². The van der Waals surface area contributed by atoms with Crippen molar-refractivity contribution in [3.8, 4) is 11.1 Å². The van der Waals surface area contributed by atoms with Crippen LogP contribution in [0.4, 0.5) is 19.0 Å². The summed E-state index contributed by atoms with van der Waals surface area (Å²) < 4.78 is 41.8. The van der Waals surface area contributed by atoms with Crippen LogP contribution in [0.15, 0.2) is 127 Å². The SMILES string of the molecule is CC(=O)Nc1nn(C(c2ccccc2)(c2ccccc2)c2ccccc2)c2ccc(-c3ccc(C(F)(F)F)cc3Cl)cc12. The summed E-state index contributed by atoms with van der Waals surface area (Å²) in [6.45, 7) is 1.40. The van der Waals surface area contributed by atoms with Crippen LogP contribution in [0.5, 0.6) is 0 Å². The molecule has 1 aromatic heterocycles. The maximum absolute atomic E-state index is 13.3. The number of carbonyl (C=O) groups excluding carboxylic acids is 1. The van der Waals surface area contributed by atoms with E-state index in [2.05, 4.69) is 5.32 Å². The van der Waals surface area contributed by atoms with Gasteiger partial charge in [0.25, 0.3) is 0 Å². The largest absolute Gasteiger partial charge is 0.416 e. The zero-order chi connectivity index (χ0) is 30.2. The summed E-state index contributed by atoms with van der Waals surface area (Å²) in [6.07, 6.45) is -4.51. The molecule has 1 heterocycles. The van der Waals surface area contributed by atoms with Gasteiger partial charge in [0.05, 0.1) is 11.1 Å². The second-order valence-corrected chi connectivity index (χ2v) is 10.6. The molecule has 0 radical (unpaired) electrons. The van der Waals surface area contributed by atoms with Crippen molar-refractivity contribution in [3.05, 3.63) is 155 Å². The van der Waals surface area contributed by atoms with Gasteiger partial charge in [-0.15, -0.1) is 0 Å². The third kappa shape index (κ3) is 5.06. The summed E-state index contributed by atoms with van der Waals surface area (Å²) in [4.78, 5) is 12.4. The number of anilines is 1. The van der Waals surface area contributed by atoms with Gasteiger partial charge in [-0.1, -0.05) is 115 Å². The Hall–Kier alpha value is -4.88. The molecule has 0 atom stereocenters. The Balaban J connectivity index is 1.67. The van der Waals surface area contributed by atoms with Crippen molar-refractivity contribution in [2.24, 2.45) is 0 Å². The Bertz CT molecular complexity index is 1820. The Morgan fingerprint density at radius 3 is 1.72 bits per heavy atom. The van der Waals surface area contributed by atoms with E-state index in [0.717, 1.165) is 28.8 Å². The highest BCUT2D eigenvalue weighted by atomic mass is 35.5. The number of carbonyl (C=O) groups is 1. The summed E-state index contributed by atoms with van der Waals surface area (Å²) >= 11 is 6.37. The third-order valence-electron chi connectivity index (χ3n) is 7.47. The molecule has 0 aliphatic rings. The molecular formula is C35H25ClF3N3O. The summed E-state index contributed by atoms with van der Waals surface area (Å²) in [6, 6.07) is 38.7. The van der Waals surface area contributed by atoms with Crippen LogP contribution < -0.4 is 5.32 Å². The number of hydrogen-bond acceptors (Lipinski definition) is 2. The average molecular weight is 596 g/mol. The number of fused-ring (bicyclic) bond motifs is 1. The van der Waals surface area contributed by atoms with Crippen molar-refractivity contribution in [2.75, 3.05) is 5.32 Å². The molecular weight excluding hydrogens is 571 g/mol. The van der Waals surface area contributed by atoms with Crippen LogP contribution in [0.2, 0.25) is 5.02 Å². The minimum absolute atomic E-state index is 0.0325. The molecule has 0 bridgehead atoms. The van der Waals surface area contributed by atoms with Gasteiger partial charge in [-0.05, 0) is 46.5 Å². The van der Waals surface area contributed by atoms with Crippen LogP contribution in [0.1, 0.15) is 29.2 Å². The normalized spacial score (nSPS) is 11.9. The maximum atomic E-state index is 13.3. The molecule has 214 valence electrons. The molecule has 0 fully saturated rings. The number of benzene rings is 5. The number of amides is 1. The van der Waals surface area contributed by atoms with E-state index in [4.69, 9.17) is 16.7 Å². The second kappa shape index (κ2) is 11.1. The van der Waals surface area contributed by atoms with Gasteiger partial charge in [0.15, 0.2) is 5.82 Å². The Labute approximate surface area is 251 Å². The summed E-state index contributed by atoms with van der Waals surface area (Å²) in [5, 5.41) is 8.48. The molecule has 6 aromatic rings. The standard InChI is InChI=1S/C35H25ClF3N3O/c1-23(43)40-33-30-21-24(29-19-18-28(22-31(29)36)35(37,38)39)17-20-32(30)42(41-33)34(25-11-5-2-6-12-25,26-13-7-3-8-14-26)27-15-9-4-10-16-27/h2-22H,1H3,(H,40,41,43). The topological polar surface area (TPSA) is 46.9 Å². The number of nitrogens with one attached hydrogen (secondary N) is 1. The highest BCUT2D eigenvalue weighted by Gasteiger charge is 2.41. The van der Waals surface area contributed by atoms with E-state index in [1.807, 2.05) is 102 Å². The van der Waals surface area contributed by atoms with E-state index >= 15 is 0 Å². The molecule has 8 heteroatoms. The molecule has 0 aliphatic carbocycles. The fraction of sp³-hybridized carbons (Fsp3) is 0.0857. The molecule has 5 aromatic carbocycles. The average Bonchev–Trinajstić information content (AvgIpc) is 3.35. The first-order valence-corrected chi connectivity index (χ1v) is 13.9. The highest BCUT2D eigenvalue weighted by Crippen LogP contribution is 2.44. The van der Waals surface area contributed by atoms with Gasteiger partial charge >= 0.3 is 6.18 Å². The molecule has 0 aliphatic heterocycles. The number of rotatable bonds is 6. The first-order valence-electron chi connectivity index (χ1n) is 13.5. The Morgan fingerprint density at radius 1 is 0.721 bits per heavy atom. The fourth-order valence-corrected chi connectivity index (χ4v) is 5.92. The van der Waals surface area contributed by atoms with Crippen molar-refractivity contribution in [3.63, 3.8) is 0 Å². The molecule has 0 unspecified atom stereocenters. The second-order valence-electron chi connectivity index (χ2n) is 10.2. The quantitative estimate of drug-likeness (QED) is 0.195. The summed E-state index contributed by atoms with van der Waals surface area (Å²) in [7, 11) is 0. The number of nitrogens with zero attached hydrogens (tertiary/aromatic N) is 2. The van der Waals surface area contributed by atoms with Crippen molar-refractivity contribution in [1.29, 1.82) is 0 Å². The molecule has 0 saturated carbocycles. The maximum Gasteiger partial charge on any atom is 0.416 e. The fourth-order valence-electron chi connectivity index (χ4n) is 5.63. The van der Waals surface area contributed by atoms with Gasteiger partial charge in [0.2, 0.25) is 5.91 Å². The van der Waals surface area contributed by atoms with Crippen LogP contribution in [-0.2, 0) is 16.5 Å². The highest BCUT2D eigenvalue weighted by molar-refractivity contribution is 6.33. The molecule has 1 amide bonds. The van der Waals surface area contributed by atoms with E-state index in [1.165, 1.54) is 13.0 Å². The van der Waals surface area contributed by atoms with Gasteiger partial charge in [0, 0.05) is 22.9 Å². The van der Waals surface area contributed by atoms with E-state index in [9.17, 15) is 18.0 Å². The molecule has 0 saturated heterocycles. The zero-order valence-corrected chi connectivity index (χ0v) is 23.7. The van der Waals surface area contributed by atoms with E-state index in [1.54, 1.807) is 12.1 Å². The number of halogens is 4. The predicted octanol–water partition coefficient (Wildman–Crippen LogP) is 9.17. The minimum atomic E-state index is -4.51. The van der Waals surface area contributed by atoms with Crippen molar-refractivity contribution in [2.45, 2.75) is 18.6 Å². The number of alkyl halides is 3. The van der Waals surface area contributed by atoms with Gasteiger partial charge < -0.3 is 5.32 Å². The minimum Gasteiger partial charge on any atom is -0.309 e. The smallest absolute Gasteiger partial charge is 0.309 e. The summed E-state index contributed by atoms with van der Waals surface area (Å²) in [5.74, 6) is 0.00815. The Kier molecular flexibility index (Phi) is 7.28. The van der Waals surface area contributed by atoms with E-state index in [-0.39, 0.29) is 10.9 Å². The van der Waals surface area contributed by atoms with Crippen molar-refractivity contribution in [1.82, 2.24) is 9.78 Å². The predicted molar refractivity (Wildman–Crippen MR) is 164 cm³/mol. The van der Waals surface area contributed by atoms with Gasteiger partial charge in [-0.2, -0.15) is 18.3 Å². The lowest BCUT2D eigenvalue weighted by atomic mass is 9.77. The van der Waals surface area contributed by atoms with Crippen LogP contribution >= 0.6 is 11.6 Å². The Morgan fingerprint density at radius 2 is 1.26 bits per heavy atom. The van der Waals surface area contributed by atoms with Gasteiger partial charge in [0.1, 0.15) is 5.54 Å². The zero-order valence-electron chi connectivity index (χ0n) is 22.9. The molecule has 4 nitrogen and oxygen atoms in total. The van der Waals surface area contributed by atoms with Crippen LogP contribution in [0, 0.1) is 0 Å². The van der Waals surface area contributed by atoms with Gasteiger partial charge in [-0.25, -0.2) is 4.68 Å². The molecule has 1 N–H and O–H groups in total. The lowest BCUT2D eigenvalue weighted by molar-refractivity contribution is -0.137. The van der Waals surface area contributed by atoms with Crippen molar-refractivity contribution >= 4 is 34.2 Å². The van der Waals surface area contributed by atoms with Crippen LogP contribution in [0.3, 0.4) is 0 Å². The van der Waals surface area contributed by atoms with Crippen molar-refractivity contribution < 1.29 is 18.0 Å². The first kappa shape index (κ1) is 28.2. The van der Waals surface area contributed by atoms with Gasteiger partial charge in [-0.3, -0.25) is 4.79 Å². The molecule has 0 spiro atoms. The van der Waals surface area contributed by atoms with E-state index < -0.39 is 17.3 Å². The summed E-state index contributed by atoms with van der Waals surface area (Å²) in [5.41, 5.74) is 2.77. The van der Waals surface area contributed by atoms with Crippen LogP contribution in [0.25, 0.3) is 22.0 Å². The van der Waals surface area contributed by atoms with E-state index in [0.29, 0.717) is 27.8 Å². The number of hydrogen-bond donors (Lipinski definition) is 1. The lowest BCUT2D eigenvalue weighted by Crippen LogP contribution is -2.38. The molecule has 6 rings (SSSR count). The number of aromatic nitrogens is 2. The lowest BCUT2D eigenvalue weighted by Gasteiger charge is -2.37. The third-order valence-corrected chi connectivity index (χ3v) is 7.79. The first-order chi connectivity index (χ1) is 20.7. The molecule has 43 heavy (non-hydrogen) atoms.